The summed E-state index contributed by atoms with van der Waals surface area (Å²) in [6, 6.07) is 12.9. The number of carboxylic acids is 1. The number of aryl methyl sites for hydroxylation is 2. The van der Waals surface area contributed by atoms with Gasteiger partial charge in [0.1, 0.15) is 11.6 Å². The molecule has 2 unspecified atom stereocenters. The number of nitrogens with one attached hydrogen (secondary N) is 1. The molecular weight excluding hydrogens is 719 g/mol. The Morgan fingerprint density at radius 3 is 2.53 bits per heavy atom. The fourth-order valence-corrected chi connectivity index (χ4v) is 9.21. The molecule has 1 aliphatic heterocycles. The summed E-state index contributed by atoms with van der Waals surface area (Å²) in [5.41, 5.74) is -0.399. The maximum atomic E-state index is 15.7. The summed E-state index contributed by atoms with van der Waals surface area (Å²) >= 11 is 0. The van der Waals surface area contributed by atoms with Crippen LogP contribution in [-0.2, 0) is 39.9 Å². The Balaban J connectivity index is 1.49. The molecule has 0 fully saturated rings. The third-order valence-electron chi connectivity index (χ3n) is 10.0. The minimum absolute atomic E-state index is 0.0242. The number of nitrogens with zero attached hydrogens (tertiary/aromatic N) is 3. The van der Waals surface area contributed by atoms with Crippen LogP contribution in [0.25, 0.3) is 22.3 Å². The topological polar surface area (TPSA) is 127 Å². The number of fused-ring (bicyclic) bond motifs is 8. The Morgan fingerprint density at radius 1 is 1.06 bits per heavy atom. The normalized spacial score (nSPS) is 19.8. The molecule has 0 radical (unpaired) electrons. The zero-order valence-electron chi connectivity index (χ0n) is 29.5. The Morgan fingerprint density at radius 2 is 1.81 bits per heavy atom. The number of H-pyrrole nitrogens is 1. The molecule has 0 aliphatic carbocycles. The molecule has 6 rings (SSSR count). The van der Waals surface area contributed by atoms with E-state index in [4.69, 9.17) is 9.72 Å². The standard InChI is InChI=1S/C38H39F5N4O5S/c1-36(2)13-6-14-37(3,23-8-5-7-22(17-23)18-28(34(48)49)38(41,42)43)35-45-33(47(4)46-35)27-19-24(9-10-29(27)39)52-32-26(12-16-53(50,51)21-36)25-11-15-44-31(25)20-30(32)40/h5,7-11,15,17,19-20,28,44H,6,12-14,16,18,21H2,1-4H3,(H,48,49). The molecule has 4 bridgehead atoms. The molecule has 2 atom stereocenters. The van der Waals surface area contributed by atoms with E-state index in [1.807, 2.05) is 13.8 Å². The summed E-state index contributed by atoms with van der Waals surface area (Å²) in [6.45, 7) is 5.46. The number of aromatic nitrogens is 4. The van der Waals surface area contributed by atoms with Crippen LogP contribution in [-0.4, -0.2) is 56.9 Å². The lowest BCUT2D eigenvalue weighted by atomic mass is 9.75. The van der Waals surface area contributed by atoms with Crippen LogP contribution < -0.4 is 4.74 Å². The summed E-state index contributed by atoms with van der Waals surface area (Å²) in [5, 5.41) is 14.6. The summed E-state index contributed by atoms with van der Waals surface area (Å²) < 4.78 is 107. The van der Waals surface area contributed by atoms with Crippen molar-refractivity contribution in [3.8, 4) is 22.9 Å². The predicted molar refractivity (Wildman–Crippen MR) is 188 cm³/mol. The highest BCUT2D eigenvalue weighted by atomic mass is 32.2. The second-order valence-electron chi connectivity index (χ2n) is 14.8. The Kier molecular flexibility index (Phi) is 9.94. The number of alkyl halides is 3. The fourth-order valence-electron chi connectivity index (χ4n) is 7.22. The van der Waals surface area contributed by atoms with Gasteiger partial charge in [-0.05, 0) is 73.4 Å². The third kappa shape index (κ3) is 7.94. The second-order valence-corrected chi connectivity index (χ2v) is 16.9. The SMILES string of the molecule is Cn1nc2nc1-c1cc(ccc1F)Oc1c(F)cc3[nH]ccc3c1CCS(=O)(=O)CC(C)(C)CCCC2(C)c1cccc(CC(C(=O)O)C(F)(F)F)c1. The number of sulfone groups is 1. The van der Waals surface area contributed by atoms with E-state index in [0.717, 1.165) is 6.07 Å². The number of carbonyl (C=O) groups is 1. The molecule has 9 nitrogen and oxygen atoms in total. The zero-order valence-corrected chi connectivity index (χ0v) is 30.3. The third-order valence-corrected chi connectivity index (χ3v) is 12.1. The van der Waals surface area contributed by atoms with Crippen LogP contribution in [0.2, 0.25) is 0 Å². The van der Waals surface area contributed by atoms with Gasteiger partial charge in [0.2, 0.25) is 0 Å². The number of carboxylic acid groups (broad SMARTS) is 1. The molecule has 53 heavy (non-hydrogen) atoms. The van der Waals surface area contributed by atoms with Gasteiger partial charge in [-0.1, -0.05) is 44.5 Å². The summed E-state index contributed by atoms with van der Waals surface area (Å²) in [4.78, 5) is 19.3. The van der Waals surface area contributed by atoms with Gasteiger partial charge >= 0.3 is 12.1 Å². The van der Waals surface area contributed by atoms with Crippen molar-refractivity contribution in [2.45, 2.75) is 64.5 Å². The van der Waals surface area contributed by atoms with Crippen molar-refractivity contribution in [1.82, 2.24) is 19.7 Å². The fraction of sp³-hybridized carbons (Fsp3) is 0.395. The van der Waals surface area contributed by atoms with Crippen molar-refractivity contribution in [1.29, 1.82) is 0 Å². The van der Waals surface area contributed by atoms with E-state index in [1.54, 1.807) is 32.3 Å². The number of aromatic amines is 1. The largest absolute Gasteiger partial charge is 0.481 e. The van der Waals surface area contributed by atoms with E-state index >= 15 is 8.78 Å². The molecule has 3 heterocycles. The number of halogens is 5. The highest BCUT2D eigenvalue weighted by Gasteiger charge is 2.45. The minimum atomic E-state index is -4.97. The Labute approximate surface area is 303 Å². The maximum Gasteiger partial charge on any atom is 0.402 e. The van der Waals surface area contributed by atoms with E-state index in [0.29, 0.717) is 41.3 Å². The first kappa shape index (κ1) is 38.0. The van der Waals surface area contributed by atoms with Crippen LogP contribution in [0.3, 0.4) is 0 Å². The van der Waals surface area contributed by atoms with Crippen LogP contribution >= 0.6 is 0 Å². The van der Waals surface area contributed by atoms with Crippen LogP contribution in [0, 0.1) is 23.0 Å². The first-order valence-electron chi connectivity index (χ1n) is 17.0. The maximum absolute atomic E-state index is 15.7. The van der Waals surface area contributed by atoms with Gasteiger partial charge < -0.3 is 14.8 Å². The molecule has 0 spiro atoms. The summed E-state index contributed by atoms with van der Waals surface area (Å²) in [7, 11) is -2.14. The molecule has 1 aliphatic rings. The molecule has 0 amide bonds. The van der Waals surface area contributed by atoms with Crippen molar-refractivity contribution < 1.29 is 45.0 Å². The number of aliphatic carboxylic acids is 1. The Hall–Kier alpha value is -4.79. The molecular formula is C38H39F5N4O5S. The molecule has 2 N–H and O–H groups in total. The van der Waals surface area contributed by atoms with Crippen molar-refractivity contribution in [3.63, 3.8) is 0 Å². The van der Waals surface area contributed by atoms with Crippen molar-refractivity contribution in [2.24, 2.45) is 18.4 Å². The first-order chi connectivity index (χ1) is 24.8. The Bertz CT molecular complexity index is 2300. The van der Waals surface area contributed by atoms with Crippen LogP contribution in [0.1, 0.15) is 62.5 Å². The van der Waals surface area contributed by atoms with Gasteiger partial charge in [-0.3, -0.25) is 4.79 Å². The molecule has 282 valence electrons. The molecule has 2 aromatic heterocycles. The van der Waals surface area contributed by atoms with Crippen LogP contribution in [0.4, 0.5) is 22.0 Å². The highest BCUT2D eigenvalue weighted by molar-refractivity contribution is 7.91. The molecule has 3 aromatic carbocycles. The zero-order chi connectivity index (χ0) is 38.5. The molecule has 15 heteroatoms. The second kappa shape index (κ2) is 13.9. The van der Waals surface area contributed by atoms with Crippen molar-refractivity contribution in [3.05, 3.63) is 94.9 Å². The first-order valence-corrected chi connectivity index (χ1v) is 18.9. The lowest BCUT2D eigenvalue weighted by Crippen LogP contribution is -2.32. The van der Waals surface area contributed by atoms with Gasteiger partial charge in [0.15, 0.2) is 39.0 Å². The number of hydrogen-bond donors (Lipinski definition) is 2. The summed E-state index contributed by atoms with van der Waals surface area (Å²) in [5.74, 6) is -6.31. The number of benzene rings is 3. The van der Waals surface area contributed by atoms with Crippen molar-refractivity contribution in [2.75, 3.05) is 11.5 Å². The van der Waals surface area contributed by atoms with Gasteiger partial charge in [-0.15, -0.1) is 0 Å². The smallest absolute Gasteiger partial charge is 0.402 e. The quantitative estimate of drug-likeness (QED) is 0.177. The minimum Gasteiger partial charge on any atom is -0.481 e. The average molecular weight is 759 g/mol. The van der Waals surface area contributed by atoms with Gasteiger partial charge in [0, 0.05) is 35.8 Å². The summed E-state index contributed by atoms with van der Waals surface area (Å²) in [6.07, 6.45) is -3.03. The van der Waals surface area contributed by atoms with Crippen LogP contribution in [0.15, 0.2) is 60.8 Å². The molecule has 5 aromatic rings. The van der Waals surface area contributed by atoms with Gasteiger partial charge in [-0.25, -0.2) is 26.9 Å². The number of ether oxygens (including phenoxy) is 1. The number of rotatable bonds is 4. The van der Waals surface area contributed by atoms with Gasteiger partial charge in [0.05, 0.1) is 22.5 Å². The lowest BCUT2D eigenvalue weighted by Gasteiger charge is -2.31. The van der Waals surface area contributed by atoms with E-state index in [9.17, 15) is 31.5 Å². The monoisotopic (exact) mass is 758 g/mol. The lowest BCUT2D eigenvalue weighted by molar-refractivity contribution is -0.193. The van der Waals surface area contributed by atoms with Gasteiger partial charge in [-0.2, -0.15) is 18.3 Å². The van der Waals surface area contributed by atoms with E-state index < -0.39 is 56.8 Å². The molecule has 0 saturated carbocycles. The average Bonchev–Trinajstić information content (AvgIpc) is 3.69. The van der Waals surface area contributed by atoms with E-state index in [1.165, 1.54) is 41.1 Å². The molecule has 0 saturated heterocycles. The van der Waals surface area contributed by atoms with Gasteiger partial charge in [0.25, 0.3) is 0 Å². The predicted octanol–water partition coefficient (Wildman–Crippen LogP) is 8.31. The number of hydrogen-bond acceptors (Lipinski definition) is 6. The van der Waals surface area contributed by atoms with Crippen LogP contribution in [0.5, 0.6) is 11.5 Å². The highest BCUT2D eigenvalue weighted by Crippen LogP contribution is 2.41. The van der Waals surface area contributed by atoms with E-state index in [2.05, 4.69) is 10.1 Å². The van der Waals surface area contributed by atoms with E-state index in [-0.39, 0.29) is 52.2 Å². The van der Waals surface area contributed by atoms with Crippen molar-refractivity contribution >= 4 is 26.7 Å².